The Morgan fingerprint density at radius 1 is 1.40 bits per heavy atom. The van der Waals surface area contributed by atoms with Crippen molar-refractivity contribution in [2.24, 2.45) is 0 Å². The number of rotatable bonds is 3. The molecule has 1 atom stereocenters. The normalized spacial score (nSPS) is 11.9. The molecule has 0 aromatic carbocycles. The van der Waals surface area contributed by atoms with Gasteiger partial charge in [-0.15, -0.1) is 0 Å². The lowest BCUT2D eigenvalue weighted by Gasteiger charge is -2.01. The molecule has 57 valence electrons. The van der Waals surface area contributed by atoms with Crippen LogP contribution in [0.1, 0.15) is 19.3 Å². The highest BCUT2D eigenvalue weighted by molar-refractivity contribution is 4.99. The van der Waals surface area contributed by atoms with Gasteiger partial charge in [0.25, 0.3) is 0 Å². The standard InChI is InChI=1S/C8H13O2/c1-2-5-8(10)6-3-4-7-9/h8-10H,1-2,5-7H2/t8-/m0/s1. The van der Waals surface area contributed by atoms with Gasteiger partial charge in [0.1, 0.15) is 6.61 Å². The van der Waals surface area contributed by atoms with Crippen LogP contribution in [0.2, 0.25) is 0 Å². The van der Waals surface area contributed by atoms with Crippen molar-refractivity contribution in [1.82, 2.24) is 0 Å². The summed E-state index contributed by atoms with van der Waals surface area (Å²) in [5.74, 6) is 5.10. The van der Waals surface area contributed by atoms with Gasteiger partial charge < -0.3 is 10.2 Å². The first-order valence-corrected chi connectivity index (χ1v) is 3.35. The first-order valence-electron chi connectivity index (χ1n) is 3.35. The molecule has 0 fully saturated rings. The zero-order valence-electron chi connectivity index (χ0n) is 6.01. The number of aliphatic hydroxyl groups is 2. The average molecular weight is 141 g/mol. The van der Waals surface area contributed by atoms with Gasteiger partial charge in [-0.2, -0.15) is 0 Å². The van der Waals surface area contributed by atoms with Crippen LogP contribution < -0.4 is 0 Å². The van der Waals surface area contributed by atoms with E-state index < -0.39 is 0 Å². The molecule has 0 unspecified atom stereocenters. The Morgan fingerprint density at radius 2 is 2.10 bits per heavy atom. The summed E-state index contributed by atoms with van der Waals surface area (Å²) in [5, 5.41) is 17.3. The van der Waals surface area contributed by atoms with Crippen molar-refractivity contribution in [3.05, 3.63) is 6.92 Å². The Kier molecular flexibility index (Phi) is 6.25. The molecule has 0 bridgehead atoms. The first-order chi connectivity index (χ1) is 4.81. The predicted octanol–water partition coefficient (Wildman–Crippen LogP) is 0.347. The second-order valence-electron chi connectivity index (χ2n) is 2.01. The lowest BCUT2D eigenvalue weighted by Crippen LogP contribution is -2.03. The molecule has 0 aromatic rings. The van der Waals surface area contributed by atoms with Crippen LogP contribution >= 0.6 is 0 Å². The molecule has 1 radical (unpaired) electrons. The van der Waals surface area contributed by atoms with Gasteiger partial charge in [0.15, 0.2) is 0 Å². The van der Waals surface area contributed by atoms with Gasteiger partial charge in [-0.3, -0.25) is 0 Å². The van der Waals surface area contributed by atoms with Gasteiger partial charge in [0.05, 0.1) is 6.10 Å². The summed E-state index contributed by atoms with van der Waals surface area (Å²) in [7, 11) is 0. The molecule has 0 saturated heterocycles. The van der Waals surface area contributed by atoms with Crippen molar-refractivity contribution in [2.75, 3.05) is 6.61 Å². The van der Waals surface area contributed by atoms with Crippen molar-refractivity contribution >= 4 is 0 Å². The van der Waals surface area contributed by atoms with E-state index in [0.29, 0.717) is 12.8 Å². The second-order valence-corrected chi connectivity index (χ2v) is 2.01. The maximum atomic E-state index is 9.05. The molecule has 0 aromatic heterocycles. The molecule has 0 aliphatic heterocycles. The summed E-state index contributed by atoms with van der Waals surface area (Å²) < 4.78 is 0. The molecule has 0 saturated carbocycles. The van der Waals surface area contributed by atoms with Gasteiger partial charge in [-0.25, -0.2) is 0 Å². The zero-order chi connectivity index (χ0) is 7.82. The van der Waals surface area contributed by atoms with Crippen molar-refractivity contribution in [3.63, 3.8) is 0 Å². The zero-order valence-corrected chi connectivity index (χ0v) is 6.01. The third-order valence-electron chi connectivity index (χ3n) is 1.08. The van der Waals surface area contributed by atoms with Crippen LogP contribution in [0.25, 0.3) is 0 Å². The van der Waals surface area contributed by atoms with Crippen LogP contribution in [0.4, 0.5) is 0 Å². The Morgan fingerprint density at radius 3 is 2.60 bits per heavy atom. The van der Waals surface area contributed by atoms with Gasteiger partial charge in [-0.05, 0) is 6.42 Å². The summed E-state index contributed by atoms with van der Waals surface area (Å²) in [4.78, 5) is 0. The minimum Gasteiger partial charge on any atom is -0.392 e. The largest absolute Gasteiger partial charge is 0.392 e. The SMILES string of the molecule is [CH2]CC[C@H](O)CC#CCO. The fourth-order valence-corrected chi connectivity index (χ4v) is 0.584. The van der Waals surface area contributed by atoms with Crippen molar-refractivity contribution in [2.45, 2.75) is 25.4 Å². The fourth-order valence-electron chi connectivity index (χ4n) is 0.584. The summed E-state index contributed by atoms with van der Waals surface area (Å²) >= 11 is 0. The molecule has 10 heavy (non-hydrogen) atoms. The van der Waals surface area contributed by atoms with E-state index in [1.54, 1.807) is 0 Å². The van der Waals surface area contributed by atoms with E-state index in [1.807, 2.05) is 0 Å². The third-order valence-corrected chi connectivity index (χ3v) is 1.08. The van der Waals surface area contributed by atoms with Gasteiger partial charge in [-0.1, -0.05) is 25.2 Å². The Balaban J connectivity index is 3.29. The molecule has 0 aliphatic carbocycles. The molecule has 0 spiro atoms. The molecule has 0 amide bonds. The minimum absolute atomic E-state index is 0.128. The Bertz CT molecular complexity index is 121. The van der Waals surface area contributed by atoms with Crippen LogP contribution in [0.15, 0.2) is 0 Å². The molecule has 2 nitrogen and oxygen atoms in total. The average Bonchev–Trinajstić information content (AvgIpc) is 1.89. The second kappa shape index (κ2) is 6.60. The molecule has 2 heteroatoms. The topological polar surface area (TPSA) is 40.5 Å². The van der Waals surface area contributed by atoms with E-state index in [2.05, 4.69) is 18.8 Å². The van der Waals surface area contributed by atoms with E-state index in [-0.39, 0.29) is 12.7 Å². The number of hydrogen-bond donors (Lipinski definition) is 2. The number of hydrogen-bond acceptors (Lipinski definition) is 2. The van der Waals surface area contributed by atoms with E-state index in [1.165, 1.54) is 0 Å². The fraction of sp³-hybridized carbons (Fsp3) is 0.625. The maximum Gasteiger partial charge on any atom is 0.104 e. The lowest BCUT2D eigenvalue weighted by atomic mass is 10.1. The van der Waals surface area contributed by atoms with Crippen LogP contribution in [-0.4, -0.2) is 22.9 Å². The molecular formula is C8H13O2. The molecule has 2 N–H and O–H groups in total. The third kappa shape index (κ3) is 5.61. The monoisotopic (exact) mass is 141 g/mol. The Labute approximate surface area is 61.9 Å². The maximum absolute atomic E-state index is 9.05. The summed E-state index contributed by atoms with van der Waals surface area (Å²) in [6.45, 7) is 3.47. The van der Waals surface area contributed by atoms with Gasteiger partial charge in [0.2, 0.25) is 0 Å². The van der Waals surface area contributed by atoms with E-state index in [4.69, 9.17) is 10.2 Å². The van der Waals surface area contributed by atoms with Crippen LogP contribution in [0.3, 0.4) is 0 Å². The minimum atomic E-state index is -0.378. The summed E-state index contributed by atoms with van der Waals surface area (Å²) in [6, 6.07) is 0. The molecule has 0 heterocycles. The highest BCUT2D eigenvalue weighted by Crippen LogP contribution is 1.98. The lowest BCUT2D eigenvalue weighted by molar-refractivity contribution is 0.171. The highest BCUT2D eigenvalue weighted by atomic mass is 16.3. The smallest absolute Gasteiger partial charge is 0.104 e. The molecule has 0 rings (SSSR count). The van der Waals surface area contributed by atoms with Crippen molar-refractivity contribution in [3.8, 4) is 11.8 Å². The Hall–Kier alpha value is -0.520. The summed E-state index contributed by atoms with van der Waals surface area (Å²) in [5.41, 5.74) is 0. The van der Waals surface area contributed by atoms with Gasteiger partial charge >= 0.3 is 0 Å². The molecular weight excluding hydrogens is 128 g/mol. The van der Waals surface area contributed by atoms with Crippen molar-refractivity contribution in [1.29, 1.82) is 0 Å². The predicted molar refractivity (Wildman–Crippen MR) is 40.1 cm³/mol. The summed E-state index contributed by atoms with van der Waals surface area (Å²) in [6.07, 6.45) is 1.47. The van der Waals surface area contributed by atoms with Crippen LogP contribution in [0, 0.1) is 18.8 Å². The van der Waals surface area contributed by atoms with Gasteiger partial charge in [0, 0.05) is 6.42 Å². The van der Waals surface area contributed by atoms with E-state index in [9.17, 15) is 0 Å². The van der Waals surface area contributed by atoms with Crippen molar-refractivity contribution < 1.29 is 10.2 Å². The van der Waals surface area contributed by atoms with E-state index in [0.717, 1.165) is 6.42 Å². The quantitative estimate of drug-likeness (QED) is 0.557. The van der Waals surface area contributed by atoms with E-state index >= 15 is 0 Å². The van der Waals surface area contributed by atoms with Crippen LogP contribution in [-0.2, 0) is 0 Å². The number of aliphatic hydroxyl groups excluding tert-OH is 2. The first kappa shape index (κ1) is 9.48. The highest BCUT2D eigenvalue weighted by Gasteiger charge is 1.97. The van der Waals surface area contributed by atoms with Crippen LogP contribution in [0.5, 0.6) is 0 Å². The molecule has 0 aliphatic rings.